The molecule has 0 spiro atoms. The Bertz CT molecular complexity index is 417. The van der Waals surface area contributed by atoms with E-state index in [4.69, 9.17) is 5.73 Å². The lowest BCUT2D eigenvalue weighted by Gasteiger charge is -2.22. The second-order valence-corrected chi connectivity index (χ2v) is 5.77. The van der Waals surface area contributed by atoms with Crippen molar-refractivity contribution in [3.05, 3.63) is 29.3 Å². The second-order valence-electron chi connectivity index (χ2n) is 5.77. The van der Waals surface area contributed by atoms with Crippen LogP contribution >= 0.6 is 0 Å². The third-order valence-corrected chi connectivity index (χ3v) is 4.05. The molecule has 100 valence electrons. The van der Waals surface area contributed by atoms with Crippen LogP contribution in [-0.2, 0) is 0 Å². The van der Waals surface area contributed by atoms with E-state index >= 15 is 0 Å². The Morgan fingerprint density at radius 2 is 2.17 bits per heavy atom. The number of nitrogens with zero attached hydrogens (tertiary/aromatic N) is 1. The molecular formula is C15H24N2O. The highest BCUT2D eigenvalue weighted by molar-refractivity contribution is 5.40. The van der Waals surface area contributed by atoms with Crippen LogP contribution in [-0.4, -0.2) is 30.1 Å². The van der Waals surface area contributed by atoms with Crippen LogP contribution in [0.4, 0.5) is 0 Å². The Morgan fingerprint density at radius 3 is 2.72 bits per heavy atom. The fourth-order valence-corrected chi connectivity index (χ4v) is 2.84. The topological polar surface area (TPSA) is 49.5 Å². The van der Waals surface area contributed by atoms with Crippen molar-refractivity contribution in [3.63, 3.8) is 0 Å². The normalized spacial score (nSPS) is 24.9. The van der Waals surface area contributed by atoms with Crippen LogP contribution in [0, 0.1) is 5.92 Å². The summed E-state index contributed by atoms with van der Waals surface area (Å²) in [5, 5.41) is 10.1. The smallest absolute Gasteiger partial charge is 0.120 e. The van der Waals surface area contributed by atoms with Gasteiger partial charge in [-0.05, 0) is 43.5 Å². The minimum absolute atomic E-state index is 0.303. The Kier molecular flexibility index (Phi) is 3.93. The predicted molar refractivity (Wildman–Crippen MR) is 74.7 cm³/mol. The molecule has 1 fully saturated rings. The summed E-state index contributed by atoms with van der Waals surface area (Å²) in [6.07, 6.45) is 1.04. The fraction of sp³-hybridized carbons (Fsp3) is 0.600. The molecule has 1 aliphatic rings. The Morgan fingerprint density at radius 1 is 1.44 bits per heavy atom. The van der Waals surface area contributed by atoms with Crippen LogP contribution in [0.1, 0.15) is 43.4 Å². The molecule has 1 aromatic carbocycles. The molecule has 2 atom stereocenters. The standard InChI is InChI=1S/C15H24N2O/c1-10(2)12-4-5-15(18)13(7-12)14-6-11(8-16)9-17(14)3/h4-5,7,10-11,14,18H,6,8-9,16H2,1-3H3. The molecule has 1 aromatic rings. The van der Waals surface area contributed by atoms with Crippen LogP contribution in [0.2, 0.25) is 0 Å². The van der Waals surface area contributed by atoms with E-state index in [2.05, 4.69) is 31.9 Å². The van der Waals surface area contributed by atoms with Crippen LogP contribution in [0.15, 0.2) is 18.2 Å². The van der Waals surface area contributed by atoms with Crippen molar-refractivity contribution in [1.29, 1.82) is 0 Å². The van der Waals surface area contributed by atoms with Crippen molar-refractivity contribution >= 4 is 0 Å². The first kappa shape index (κ1) is 13.4. The average molecular weight is 248 g/mol. The van der Waals surface area contributed by atoms with Gasteiger partial charge in [0.15, 0.2) is 0 Å². The molecule has 3 nitrogen and oxygen atoms in total. The molecule has 1 saturated heterocycles. The first-order valence-corrected chi connectivity index (χ1v) is 6.76. The van der Waals surface area contributed by atoms with E-state index in [9.17, 15) is 5.11 Å². The first-order valence-electron chi connectivity index (χ1n) is 6.76. The molecule has 0 saturated carbocycles. The van der Waals surface area contributed by atoms with Gasteiger partial charge in [0.1, 0.15) is 5.75 Å². The van der Waals surface area contributed by atoms with Crippen LogP contribution in [0.3, 0.4) is 0 Å². The summed E-state index contributed by atoms with van der Waals surface area (Å²) in [5.74, 6) is 1.44. The number of hydrogen-bond acceptors (Lipinski definition) is 3. The Labute approximate surface area is 110 Å². The third kappa shape index (κ3) is 2.52. The molecule has 1 heterocycles. The first-order chi connectivity index (χ1) is 8.52. The van der Waals surface area contributed by atoms with E-state index in [1.54, 1.807) is 0 Å². The van der Waals surface area contributed by atoms with E-state index < -0.39 is 0 Å². The average Bonchev–Trinajstić information content (AvgIpc) is 2.71. The lowest BCUT2D eigenvalue weighted by molar-refractivity contribution is 0.305. The minimum Gasteiger partial charge on any atom is -0.508 e. The molecule has 3 heteroatoms. The maximum Gasteiger partial charge on any atom is 0.120 e. The van der Waals surface area contributed by atoms with Gasteiger partial charge in [-0.15, -0.1) is 0 Å². The van der Waals surface area contributed by atoms with E-state index in [0.29, 0.717) is 23.6 Å². The molecule has 18 heavy (non-hydrogen) atoms. The van der Waals surface area contributed by atoms with Gasteiger partial charge >= 0.3 is 0 Å². The Hall–Kier alpha value is -1.06. The highest BCUT2D eigenvalue weighted by Crippen LogP contribution is 2.38. The highest BCUT2D eigenvalue weighted by Gasteiger charge is 2.31. The molecule has 0 aromatic heterocycles. The van der Waals surface area contributed by atoms with Crippen molar-refractivity contribution in [2.45, 2.75) is 32.2 Å². The molecule has 0 radical (unpaired) electrons. The molecule has 2 unspecified atom stereocenters. The summed E-state index contributed by atoms with van der Waals surface area (Å²) < 4.78 is 0. The van der Waals surface area contributed by atoms with Gasteiger partial charge in [-0.25, -0.2) is 0 Å². The zero-order valence-electron chi connectivity index (χ0n) is 11.6. The predicted octanol–water partition coefficient (Wildman–Crippen LogP) is 2.47. The highest BCUT2D eigenvalue weighted by atomic mass is 16.3. The quantitative estimate of drug-likeness (QED) is 0.864. The van der Waals surface area contributed by atoms with Crippen molar-refractivity contribution in [2.24, 2.45) is 11.7 Å². The van der Waals surface area contributed by atoms with Gasteiger partial charge in [0.2, 0.25) is 0 Å². The summed E-state index contributed by atoms with van der Waals surface area (Å²) in [4.78, 5) is 2.30. The van der Waals surface area contributed by atoms with Gasteiger partial charge in [-0.3, -0.25) is 4.90 Å². The maximum absolute atomic E-state index is 10.1. The van der Waals surface area contributed by atoms with Gasteiger partial charge in [0.05, 0.1) is 0 Å². The fourth-order valence-electron chi connectivity index (χ4n) is 2.84. The van der Waals surface area contributed by atoms with Crippen molar-refractivity contribution in [3.8, 4) is 5.75 Å². The molecule has 0 aliphatic carbocycles. The summed E-state index contributed by atoms with van der Waals surface area (Å²) in [7, 11) is 2.11. The number of likely N-dealkylation sites (tertiary alicyclic amines) is 1. The van der Waals surface area contributed by atoms with Crippen LogP contribution in [0.25, 0.3) is 0 Å². The molecule has 1 aliphatic heterocycles. The number of benzene rings is 1. The zero-order chi connectivity index (χ0) is 13.3. The maximum atomic E-state index is 10.1. The summed E-state index contributed by atoms with van der Waals surface area (Å²) in [5.41, 5.74) is 8.10. The van der Waals surface area contributed by atoms with Crippen molar-refractivity contribution in [2.75, 3.05) is 20.1 Å². The van der Waals surface area contributed by atoms with Crippen LogP contribution < -0.4 is 5.73 Å². The second kappa shape index (κ2) is 5.29. The number of nitrogens with two attached hydrogens (primary N) is 1. The van der Waals surface area contributed by atoms with Gasteiger partial charge < -0.3 is 10.8 Å². The lowest BCUT2D eigenvalue weighted by Crippen LogP contribution is -2.20. The van der Waals surface area contributed by atoms with Crippen LogP contribution in [0.5, 0.6) is 5.75 Å². The number of phenolic OH excluding ortho intramolecular Hbond substituents is 1. The largest absolute Gasteiger partial charge is 0.508 e. The number of rotatable bonds is 3. The summed E-state index contributed by atoms with van der Waals surface area (Å²) >= 11 is 0. The van der Waals surface area contributed by atoms with Gasteiger partial charge in [-0.1, -0.05) is 26.0 Å². The van der Waals surface area contributed by atoms with E-state index in [1.165, 1.54) is 5.56 Å². The van der Waals surface area contributed by atoms with E-state index in [1.807, 2.05) is 12.1 Å². The SMILES string of the molecule is CC(C)c1ccc(O)c(C2CC(CN)CN2C)c1. The number of hydrogen-bond donors (Lipinski definition) is 2. The van der Waals surface area contributed by atoms with Gasteiger partial charge in [-0.2, -0.15) is 0 Å². The molecule has 2 rings (SSSR count). The molecule has 3 N–H and O–H groups in total. The van der Waals surface area contributed by atoms with Crippen molar-refractivity contribution < 1.29 is 5.11 Å². The van der Waals surface area contributed by atoms with Crippen molar-refractivity contribution in [1.82, 2.24) is 4.90 Å². The summed E-state index contributed by atoms with van der Waals surface area (Å²) in [6, 6.07) is 6.30. The molecular weight excluding hydrogens is 224 g/mol. The zero-order valence-corrected chi connectivity index (χ0v) is 11.6. The minimum atomic E-state index is 0.303. The van der Waals surface area contributed by atoms with E-state index in [-0.39, 0.29) is 0 Å². The molecule has 0 bridgehead atoms. The Balaban J connectivity index is 2.30. The monoisotopic (exact) mass is 248 g/mol. The lowest BCUT2D eigenvalue weighted by atomic mass is 9.94. The third-order valence-electron chi connectivity index (χ3n) is 4.05. The summed E-state index contributed by atoms with van der Waals surface area (Å²) in [6.45, 7) is 6.10. The number of phenols is 1. The number of aromatic hydroxyl groups is 1. The molecule has 0 amide bonds. The van der Waals surface area contributed by atoms with Gasteiger partial charge in [0, 0.05) is 18.2 Å². The van der Waals surface area contributed by atoms with Gasteiger partial charge in [0.25, 0.3) is 0 Å². The van der Waals surface area contributed by atoms with E-state index in [0.717, 1.165) is 25.1 Å².